The molecule has 0 spiro atoms. The molecule has 0 aromatic heterocycles. The van der Waals surface area contributed by atoms with Gasteiger partial charge in [-0.05, 0) is 5.56 Å². The summed E-state index contributed by atoms with van der Waals surface area (Å²) < 4.78 is 41.4. The smallest absolute Gasteiger partial charge is 0.363 e. The van der Waals surface area contributed by atoms with Gasteiger partial charge in [0.25, 0.3) is 5.69 Å². The lowest BCUT2D eigenvalue weighted by atomic mass is 9.70. The van der Waals surface area contributed by atoms with Crippen LogP contribution in [0.3, 0.4) is 0 Å². The van der Waals surface area contributed by atoms with E-state index in [4.69, 9.17) is 0 Å². The highest BCUT2D eigenvalue weighted by molar-refractivity contribution is 6.00. The zero-order valence-electron chi connectivity index (χ0n) is 14.7. The molecule has 0 aliphatic carbocycles. The number of benzene rings is 2. The van der Waals surface area contributed by atoms with Crippen molar-refractivity contribution in [2.75, 3.05) is 0 Å². The van der Waals surface area contributed by atoms with Crippen molar-refractivity contribution in [3.05, 3.63) is 75.8 Å². The molecule has 2 aromatic rings. The molecule has 1 aliphatic heterocycles. The number of carbonyl (C=O) groups is 2. The molecule has 29 heavy (non-hydrogen) atoms. The van der Waals surface area contributed by atoms with Gasteiger partial charge < -0.3 is 10.4 Å². The fourth-order valence-electron chi connectivity index (χ4n) is 3.53. The number of nitrogens with zero attached hydrogens (tertiary/aromatic N) is 1. The summed E-state index contributed by atoms with van der Waals surface area (Å²) >= 11 is 0. The minimum Gasteiger partial charge on any atom is -0.363 e. The Kier molecular flexibility index (Phi) is 5.14. The van der Waals surface area contributed by atoms with Gasteiger partial charge in [-0.2, -0.15) is 13.2 Å². The molecule has 0 bridgehead atoms. The van der Waals surface area contributed by atoms with Crippen LogP contribution >= 0.6 is 0 Å². The van der Waals surface area contributed by atoms with Crippen molar-refractivity contribution in [1.82, 2.24) is 5.32 Å². The summed E-state index contributed by atoms with van der Waals surface area (Å²) in [5.41, 5.74) is -4.35. The molecule has 1 heterocycles. The van der Waals surface area contributed by atoms with Crippen LogP contribution in [0.4, 0.5) is 18.9 Å². The van der Waals surface area contributed by atoms with Crippen LogP contribution in [0.5, 0.6) is 0 Å². The second-order valence-electron chi connectivity index (χ2n) is 6.68. The fraction of sp³-hybridized carbons (Fsp3) is 0.263. The second-order valence-corrected chi connectivity index (χ2v) is 6.68. The summed E-state index contributed by atoms with van der Waals surface area (Å²) in [4.78, 5) is 35.4. The summed E-state index contributed by atoms with van der Waals surface area (Å²) in [5.74, 6) is -5.73. The van der Waals surface area contributed by atoms with Crippen LogP contribution in [0, 0.1) is 16.0 Å². The van der Waals surface area contributed by atoms with E-state index in [-0.39, 0.29) is 11.1 Å². The zero-order valence-corrected chi connectivity index (χ0v) is 14.7. The minimum absolute atomic E-state index is 0.0222. The van der Waals surface area contributed by atoms with E-state index in [0.717, 1.165) is 12.1 Å². The largest absolute Gasteiger partial charge is 0.437 e. The SMILES string of the molecule is O=C1C[C@@H](c2cccc([N+](=O)[O-])c2)[C@H](C(=O)c2ccccc2)[C@@](O)(C(F)(F)F)N1. The van der Waals surface area contributed by atoms with Crippen molar-refractivity contribution in [2.24, 2.45) is 5.92 Å². The van der Waals surface area contributed by atoms with Gasteiger partial charge in [0.15, 0.2) is 5.78 Å². The van der Waals surface area contributed by atoms with Crippen molar-refractivity contribution < 1.29 is 32.8 Å². The lowest BCUT2D eigenvalue weighted by Gasteiger charge is -2.44. The van der Waals surface area contributed by atoms with Crippen LogP contribution in [0.2, 0.25) is 0 Å². The van der Waals surface area contributed by atoms with Crippen molar-refractivity contribution in [3.63, 3.8) is 0 Å². The number of hydrogen-bond donors (Lipinski definition) is 2. The van der Waals surface area contributed by atoms with E-state index in [1.54, 1.807) is 6.07 Å². The van der Waals surface area contributed by atoms with Gasteiger partial charge in [-0.25, -0.2) is 0 Å². The van der Waals surface area contributed by atoms with Gasteiger partial charge in [-0.3, -0.25) is 19.7 Å². The molecule has 3 atom stereocenters. The number of nitro groups is 1. The number of halogens is 3. The number of nitrogens with one attached hydrogen (secondary N) is 1. The molecule has 10 heteroatoms. The van der Waals surface area contributed by atoms with Crippen LogP contribution in [-0.4, -0.2) is 33.6 Å². The van der Waals surface area contributed by atoms with E-state index < -0.39 is 52.5 Å². The van der Waals surface area contributed by atoms with Crippen molar-refractivity contribution in [2.45, 2.75) is 24.2 Å². The predicted molar refractivity (Wildman–Crippen MR) is 93.9 cm³/mol. The third-order valence-corrected chi connectivity index (χ3v) is 4.87. The Balaban J connectivity index is 2.18. The molecule has 1 saturated heterocycles. The van der Waals surface area contributed by atoms with E-state index in [9.17, 15) is 38.0 Å². The standard InChI is InChI=1S/C19H15F3N2O5/c20-19(21,22)18(27)16(17(26)11-5-2-1-3-6-11)14(10-15(25)23-18)12-7-4-8-13(9-12)24(28)29/h1-9,14,16,27H,10H2,(H,23,25)/t14-,16+,18+/m0/s1. The average Bonchev–Trinajstić information content (AvgIpc) is 2.67. The van der Waals surface area contributed by atoms with E-state index in [1.165, 1.54) is 41.7 Å². The van der Waals surface area contributed by atoms with Crippen molar-refractivity contribution in [3.8, 4) is 0 Å². The highest BCUT2D eigenvalue weighted by Crippen LogP contribution is 2.47. The number of Topliss-reactive ketones (excluding diaryl/α,β-unsaturated/α-hetero) is 1. The maximum absolute atomic E-state index is 13.8. The molecule has 7 nitrogen and oxygen atoms in total. The third kappa shape index (κ3) is 3.70. The molecule has 152 valence electrons. The second kappa shape index (κ2) is 7.28. The molecule has 2 N–H and O–H groups in total. The number of ketones is 1. The van der Waals surface area contributed by atoms with Gasteiger partial charge in [-0.15, -0.1) is 0 Å². The van der Waals surface area contributed by atoms with Gasteiger partial charge in [-0.1, -0.05) is 42.5 Å². The Morgan fingerprint density at radius 1 is 1.17 bits per heavy atom. The maximum atomic E-state index is 13.8. The third-order valence-electron chi connectivity index (χ3n) is 4.87. The minimum atomic E-state index is -5.36. The van der Waals surface area contributed by atoms with Gasteiger partial charge in [0.1, 0.15) is 0 Å². The number of nitro benzene ring substituents is 1. The highest BCUT2D eigenvalue weighted by atomic mass is 19.4. The number of carbonyl (C=O) groups excluding carboxylic acids is 2. The first-order valence-electron chi connectivity index (χ1n) is 8.48. The average molecular weight is 408 g/mol. The van der Waals surface area contributed by atoms with Crippen LogP contribution in [0.1, 0.15) is 28.3 Å². The van der Waals surface area contributed by atoms with Crippen LogP contribution in [-0.2, 0) is 4.79 Å². The first-order chi connectivity index (χ1) is 13.5. The molecular formula is C19H15F3N2O5. The van der Waals surface area contributed by atoms with Gasteiger partial charge in [0, 0.05) is 30.0 Å². The summed E-state index contributed by atoms with van der Waals surface area (Å²) in [7, 11) is 0. The number of piperidine rings is 1. The number of non-ortho nitro benzene ring substituents is 1. The van der Waals surface area contributed by atoms with Crippen molar-refractivity contribution >= 4 is 17.4 Å². The summed E-state index contributed by atoms with van der Waals surface area (Å²) in [6, 6.07) is 11.7. The van der Waals surface area contributed by atoms with Crippen LogP contribution in [0.25, 0.3) is 0 Å². The number of alkyl halides is 3. The molecule has 1 fully saturated rings. The maximum Gasteiger partial charge on any atom is 0.437 e. The molecule has 1 amide bonds. The molecule has 0 unspecified atom stereocenters. The molecular weight excluding hydrogens is 393 g/mol. The summed E-state index contributed by atoms with van der Waals surface area (Å²) in [5, 5.41) is 23.0. The topological polar surface area (TPSA) is 110 Å². The number of hydrogen-bond acceptors (Lipinski definition) is 5. The normalized spacial score (nSPS) is 24.6. The van der Waals surface area contributed by atoms with E-state index in [2.05, 4.69) is 0 Å². The van der Waals surface area contributed by atoms with Crippen LogP contribution in [0.15, 0.2) is 54.6 Å². The van der Waals surface area contributed by atoms with Gasteiger partial charge in [0.2, 0.25) is 11.6 Å². The predicted octanol–water partition coefficient (Wildman–Crippen LogP) is 2.95. The Morgan fingerprint density at radius 2 is 1.83 bits per heavy atom. The van der Waals surface area contributed by atoms with E-state index in [0.29, 0.717) is 0 Å². The molecule has 0 saturated carbocycles. The number of rotatable bonds is 4. The monoisotopic (exact) mass is 408 g/mol. The van der Waals surface area contributed by atoms with E-state index in [1.807, 2.05) is 0 Å². The van der Waals surface area contributed by atoms with E-state index >= 15 is 0 Å². The first kappa shape index (κ1) is 20.5. The quantitative estimate of drug-likeness (QED) is 0.459. The number of aliphatic hydroxyl groups is 1. The Labute approximate surface area is 162 Å². The van der Waals surface area contributed by atoms with Gasteiger partial charge in [0.05, 0.1) is 10.8 Å². The number of amides is 1. The Morgan fingerprint density at radius 3 is 2.41 bits per heavy atom. The summed E-state index contributed by atoms with van der Waals surface area (Å²) in [6.07, 6.45) is -5.92. The van der Waals surface area contributed by atoms with Crippen LogP contribution < -0.4 is 5.32 Å². The van der Waals surface area contributed by atoms with Crippen molar-refractivity contribution in [1.29, 1.82) is 0 Å². The lowest BCUT2D eigenvalue weighted by molar-refractivity contribution is -0.385. The molecule has 1 aliphatic rings. The molecule has 0 radical (unpaired) electrons. The first-order valence-corrected chi connectivity index (χ1v) is 8.48. The lowest BCUT2D eigenvalue weighted by Crippen LogP contribution is -2.69. The summed E-state index contributed by atoms with van der Waals surface area (Å²) in [6.45, 7) is 0. The molecule has 3 rings (SSSR count). The molecule has 2 aromatic carbocycles. The highest BCUT2D eigenvalue weighted by Gasteiger charge is 2.66. The Hall–Kier alpha value is -3.27. The fourth-order valence-corrected chi connectivity index (χ4v) is 3.53. The van der Waals surface area contributed by atoms with Gasteiger partial charge >= 0.3 is 6.18 Å². The zero-order chi connectivity index (χ0) is 21.4. The Bertz CT molecular complexity index is 964.